The van der Waals surface area contributed by atoms with Crippen molar-refractivity contribution in [3.63, 3.8) is 0 Å². The Bertz CT molecular complexity index is 345. The molecule has 1 rings (SSSR count). The first-order chi connectivity index (χ1) is 9.25. The van der Waals surface area contributed by atoms with Crippen LogP contribution in [0, 0.1) is 0 Å². The highest BCUT2D eigenvalue weighted by molar-refractivity contribution is 9.10. The largest absolute Gasteiger partial charge is 0.488 e. The second-order valence-corrected chi connectivity index (χ2v) is 4.46. The highest BCUT2D eigenvalue weighted by Gasteiger charge is 2.05. The van der Waals surface area contributed by atoms with E-state index in [1.165, 1.54) is 0 Å². The zero-order valence-electron chi connectivity index (χ0n) is 10.9. The van der Waals surface area contributed by atoms with E-state index in [0.717, 1.165) is 4.47 Å². The van der Waals surface area contributed by atoms with Crippen LogP contribution in [0.2, 0.25) is 0 Å². The standard InChI is InChI=1S/C12H19BrN2O4/c1-16-2-3-17-4-5-18-6-7-19-12-10(13)8-15-9-11(12)14/h8-9H,2-7,14H2,1H3. The molecular weight excluding hydrogens is 316 g/mol. The number of methoxy groups -OCH3 is 1. The lowest BCUT2D eigenvalue weighted by Gasteiger charge is -2.10. The van der Waals surface area contributed by atoms with Gasteiger partial charge in [0.05, 0.1) is 49.4 Å². The van der Waals surface area contributed by atoms with Crippen LogP contribution in [0.25, 0.3) is 0 Å². The summed E-state index contributed by atoms with van der Waals surface area (Å²) in [5.74, 6) is 0.593. The van der Waals surface area contributed by atoms with Crippen molar-refractivity contribution in [1.82, 2.24) is 4.98 Å². The molecule has 2 N–H and O–H groups in total. The van der Waals surface area contributed by atoms with Crippen LogP contribution in [-0.4, -0.2) is 51.7 Å². The smallest absolute Gasteiger partial charge is 0.159 e. The molecule has 6 nitrogen and oxygen atoms in total. The molecule has 0 bridgehead atoms. The Hall–Kier alpha value is -0.890. The van der Waals surface area contributed by atoms with Crippen LogP contribution in [0.3, 0.4) is 0 Å². The molecule has 108 valence electrons. The molecule has 0 radical (unpaired) electrons. The van der Waals surface area contributed by atoms with E-state index in [0.29, 0.717) is 51.1 Å². The fourth-order valence-corrected chi connectivity index (χ4v) is 1.72. The maximum absolute atomic E-state index is 5.74. The number of nitrogens with zero attached hydrogens (tertiary/aromatic N) is 1. The molecule has 0 fully saturated rings. The van der Waals surface area contributed by atoms with Crippen LogP contribution in [0.1, 0.15) is 0 Å². The second-order valence-electron chi connectivity index (χ2n) is 3.61. The number of halogens is 1. The van der Waals surface area contributed by atoms with Crippen LogP contribution < -0.4 is 10.5 Å². The zero-order chi connectivity index (χ0) is 13.9. The molecule has 0 saturated carbocycles. The third-order valence-corrected chi connectivity index (χ3v) is 2.72. The Morgan fingerprint density at radius 1 is 1.05 bits per heavy atom. The number of hydrogen-bond donors (Lipinski definition) is 1. The van der Waals surface area contributed by atoms with Crippen LogP contribution in [0.5, 0.6) is 5.75 Å². The minimum atomic E-state index is 0.422. The summed E-state index contributed by atoms with van der Waals surface area (Å²) in [6, 6.07) is 0. The van der Waals surface area contributed by atoms with Gasteiger partial charge in [-0.15, -0.1) is 0 Å². The number of nitrogens with two attached hydrogens (primary N) is 1. The van der Waals surface area contributed by atoms with Gasteiger partial charge in [0, 0.05) is 13.3 Å². The van der Waals surface area contributed by atoms with Crippen molar-refractivity contribution in [2.75, 3.05) is 52.5 Å². The summed E-state index contributed by atoms with van der Waals surface area (Å²) in [4.78, 5) is 3.93. The molecule has 1 aromatic rings. The number of nitrogen functional groups attached to an aromatic ring is 1. The van der Waals surface area contributed by atoms with Crippen LogP contribution in [-0.2, 0) is 14.2 Å². The maximum Gasteiger partial charge on any atom is 0.159 e. The molecule has 0 atom stereocenters. The summed E-state index contributed by atoms with van der Waals surface area (Å²) in [6.45, 7) is 3.15. The van der Waals surface area contributed by atoms with Gasteiger partial charge in [-0.2, -0.15) is 0 Å². The first kappa shape index (κ1) is 16.2. The minimum Gasteiger partial charge on any atom is -0.488 e. The normalized spacial score (nSPS) is 10.6. The Morgan fingerprint density at radius 3 is 2.32 bits per heavy atom. The van der Waals surface area contributed by atoms with Crippen molar-refractivity contribution in [2.45, 2.75) is 0 Å². The van der Waals surface area contributed by atoms with Crippen molar-refractivity contribution < 1.29 is 18.9 Å². The summed E-state index contributed by atoms with van der Waals surface area (Å²) in [6.07, 6.45) is 3.18. The number of pyridine rings is 1. The number of anilines is 1. The summed E-state index contributed by atoms with van der Waals surface area (Å²) >= 11 is 3.33. The van der Waals surface area contributed by atoms with Crippen molar-refractivity contribution in [1.29, 1.82) is 0 Å². The highest BCUT2D eigenvalue weighted by atomic mass is 79.9. The van der Waals surface area contributed by atoms with Crippen LogP contribution in [0.15, 0.2) is 16.9 Å². The number of hydrogen-bond acceptors (Lipinski definition) is 6. The SMILES string of the molecule is COCCOCCOCCOc1c(N)cncc1Br. The molecule has 19 heavy (non-hydrogen) atoms. The maximum atomic E-state index is 5.74. The Morgan fingerprint density at radius 2 is 1.68 bits per heavy atom. The minimum absolute atomic E-state index is 0.422. The van der Waals surface area contributed by atoms with Crippen LogP contribution >= 0.6 is 15.9 Å². The lowest BCUT2D eigenvalue weighted by Crippen LogP contribution is -2.13. The van der Waals surface area contributed by atoms with Crippen molar-refractivity contribution >= 4 is 21.6 Å². The third-order valence-electron chi connectivity index (χ3n) is 2.16. The predicted octanol–water partition coefficient (Wildman–Crippen LogP) is 1.48. The summed E-state index contributed by atoms with van der Waals surface area (Å²) < 4.78 is 21.7. The predicted molar refractivity (Wildman–Crippen MR) is 75.4 cm³/mol. The van der Waals surface area contributed by atoms with Gasteiger partial charge in [0.15, 0.2) is 5.75 Å². The molecule has 0 spiro atoms. The van der Waals surface area contributed by atoms with Gasteiger partial charge < -0.3 is 24.7 Å². The Labute approximate surface area is 121 Å². The van der Waals surface area contributed by atoms with Crippen molar-refractivity contribution in [2.24, 2.45) is 0 Å². The molecule has 0 aromatic carbocycles. The fraction of sp³-hybridized carbons (Fsp3) is 0.583. The van der Waals surface area contributed by atoms with E-state index in [9.17, 15) is 0 Å². The van der Waals surface area contributed by atoms with Gasteiger partial charge in [-0.25, -0.2) is 0 Å². The summed E-state index contributed by atoms with van der Waals surface area (Å²) in [7, 11) is 1.64. The van der Waals surface area contributed by atoms with E-state index < -0.39 is 0 Å². The first-order valence-electron chi connectivity index (χ1n) is 5.92. The molecule has 7 heteroatoms. The van der Waals surface area contributed by atoms with Crippen molar-refractivity contribution in [3.8, 4) is 5.75 Å². The molecule has 0 aliphatic rings. The number of rotatable bonds is 10. The second kappa shape index (κ2) is 9.96. The fourth-order valence-electron chi connectivity index (χ4n) is 1.26. The van der Waals surface area contributed by atoms with E-state index in [1.807, 2.05) is 0 Å². The molecule has 0 aliphatic carbocycles. The van der Waals surface area contributed by atoms with Gasteiger partial charge in [-0.05, 0) is 15.9 Å². The number of aromatic nitrogens is 1. The quantitative estimate of drug-likeness (QED) is 0.653. The van der Waals surface area contributed by atoms with E-state index in [4.69, 9.17) is 24.7 Å². The topological polar surface area (TPSA) is 75.8 Å². The molecule has 1 heterocycles. The van der Waals surface area contributed by atoms with Crippen LogP contribution in [0.4, 0.5) is 5.69 Å². The summed E-state index contributed by atoms with van der Waals surface area (Å²) in [5, 5.41) is 0. The van der Waals surface area contributed by atoms with E-state index in [1.54, 1.807) is 19.5 Å². The Balaban J connectivity index is 2.05. The van der Waals surface area contributed by atoms with Gasteiger partial charge in [0.2, 0.25) is 0 Å². The molecular formula is C12H19BrN2O4. The van der Waals surface area contributed by atoms with Gasteiger partial charge in [-0.1, -0.05) is 0 Å². The Kier molecular flexibility index (Phi) is 8.48. The van der Waals surface area contributed by atoms with Gasteiger partial charge in [0.1, 0.15) is 6.61 Å². The van der Waals surface area contributed by atoms with E-state index in [2.05, 4.69) is 20.9 Å². The third kappa shape index (κ3) is 6.72. The zero-order valence-corrected chi connectivity index (χ0v) is 12.5. The molecule has 0 saturated heterocycles. The average molecular weight is 335 g/mol. The molecule has 0 unspecified atom stereocenters. The van der Waals surface area contributed by atoms with Gasteiger partial charge >= 0.3 is 0 Å². The van der Waals surface area contributed by atoms with E-state index in [-0.39, 0.29) is 0 Å². The monoisotopic (exact) mass is 334 g/mol. The molecule has 0 aliphatic heterocycles. The summed E-state index contributed by atoms with van der Waals surface area (Å²) in [5.41, 5.74) is 6.24. The molecule has 1 aromatic heterocycles. The highest BCUT2D eigenvalue weighted by Crippen LogP contribution is 2.29. The lowest BCUT2D eigenvalue weighted by molar-refractivity contribution is 0.0179. The number of ether oxygens (including phenoxy) is 4. The molecule has 0 amide bonds. The first-order valence-corrected chi connectivity index (χ1v) is 6.71. The van der Waals surface area contributed by atoms with Crippen molar-refractivity contribution in [3.05, 3.63) is 16.9 Å². The lowest BCUT2D eigenvalue weighted by atomic mass is 10.4. The van der Waals surface area contributed by atoms with Gasteiger partial charge in [-0.3, -0.25) is 4.98 Å². The van der Waals surface area contributed by atoms with E-state index >= 15 is 0 Å². The van der Waals surface area contributed by atoms with Gasteiger partial charge in [0.25, 0.3) is 0 Å². The average Bonchev–Trinajstić information content (AvgIpc) is 2.40.